The summed E-state index contributed by atoms with van der Waals surface area (Å²) in [6.45, 7) is 2.73. The second-order valence-electron chi connectivity index (χ2n) is 8.43. The van der Waals surface area contributed by atoms with Gasteiger partial charge in [-0.2, -0.15) is 13.2 Å². The SMILES string of the molecule is Cc1ccc(C)c(NS(=O)(=O)c2ccc(NC(=O)CN(c3ccc(Cl)c(C(F)(F)F)c3)S(C)(=O)=O)cc2)c1. The number of carbonyl (C=O) groups excluding carboxylic acids is 1. The largest absolute Gasteiger partial charge is 0.417 e. The lowest BCUT2D eigenvalue weighted by Crippen LogP contribution is -2.37. The van der Waals surface area contributed by atoms with Gasteiger partial charge in [-0.05, 0) is 73.5 Å². The molecule has 3 aromatic rings. The Morgan fingerprint density at radius 2 is 1.58 bits per heavy atom. The number of rotatable bonds is 8. The average Bonchev–Trinajstić information content (AvgIpc) is 2.79. The zero-order chi connectivity index (χ0) is 28.5. The van der Waals surface area contributed by atoms with E-state index in [2.05, 4.69) is 10.0 Å². The number of hydrogen-bond acceptors (Lipinski definition) is 5. The predicted octanol–water partition coefficient (Wildman–Crippen LogP) is 5.18. The maximum atomic E-state index is 13.2. The number of nitrogens with zero attached hydrogens (tertiary/aromatic N) is 1. The first-order valence-electron chi connectivity index (χ1n) is 10.8. The van der Waals surface area contributed by atoms with Crippen LogP contribution in [0.1, 0.15) is 16.7 Å². The van der Waals surface area contributed by atoms with Crippen molar-refractivity contribution in [2.24, 2.45) is 0 Å². The molecule has 38 heavy (non-hydrogen) atoms. The molecule has 0 unspecified atom stereocenters. The Kier molecular flexibility index (Phi) is 8.34. The number of benzene rings is 3. The van der Waals surface area contributed by atoms with Gasteiger partial charge >= 0.3 is 6.18 Å². The summed E-state index contributed by atoms with van der Waals surface area (Å²) < 4.78 is 92.8. The monoisotopic (exact) mass is 589 g/mol. The van der Waals surface area contributed by atoms with Crippen molar-refractivity contribution in [3.63, 3.8) is 0 Å². The van der Waals surface area contributed by atoms with Crippen LogP contribution in [0.3, 0.4) is 0 Å². The molecule has 3 aromatic carbocycles. The molecule has 0 heterocycles. The Morgan fingerprint density at radius 1 is 0.947 bits per heavy atom. The van der Waals surface area contributed by atoms with Crippen molar-refractivity contribution in [2.45, 2.75) is 24.9 Å². The maximum absolute atomic E-state index is 13.2. The van der Waals surface area contributed by atoms with E-state index in [1.807, 2.05) is 13.0 Å². The van der Waals surface area contributed by atoms with E-state index < -0.39 is 54.9 Å². The van der Waals surface area contributed by atoms with E-state index in [0.29, 0.717) is 16.1 Å². The third-order valence-electron chi connectivity index (χ3n) is 5.32. The van der Waals surface area contributed by atoms with Crippen LogP contribution in [0, 0.1) is 13.8 Å². The molecule has 204 valence electrons. The fourth-order valence-electron chi connectivity index (χ4n) is 3.38. The first-order valence-corrected chi connectivity index (χ1v) is 14.5. The van der Waals surface area contributed by atoms with Crippen LogP contribution in [-0.2, 0) is 31.0 Å². The summed E-state index contributed by atoms with van der Waals surface area (Å²) in [5, 5.41) is 1.78. The highest BCUT2D eigenvalue weighted by molar-refractivity contribution is 7.92. The second kappa shape index (κ2) is 10.8. The van der Waals surface area contributed by atoms with E-state index >= 15 is 0 Å². The molecule has 0 aliphatic heterocycles. The summed E-state index contributed by atoms with van der Waals surface area (Å²) in [7, 11) is -8.11. The molecule has 3 rings (SSSR count). The van der Waals surface area contributed by atoms with Gasteiger partial charge < -0.3 is 5.32 Å². The molecule has 14 heteroatoms. The summed E-state index contributed by atoms with van der Waals surface area (Å²) in [6.07, 6.45) is -4.10. The molecule has 0 saturated carbocycles. The Labute approximate surface area is 223 Å². The lowest BCUT2D eigenvalue weighted by molar-refractivity contribution is -0.137. The van der Waals surface area contributed by atoms with Gasteiger partial charge in [0.15, 0.2) is 0 Å². The Hall–Kier alpha value is -3.29. The standard InChI is InChI=1S/C24H23ClF3N3O5S2/c1-15-4-5-16(2)22(12-15)30-38(35,36)19-9-6-17(7-10-19)29-23(32)14-31(37(3,33)34)18-8-11-21(25)20(13-18)24(26,27)28/h4-13,30H,14H2,1-3H3,(H,29,32). The minimum atomic E-state index is -4.84. The molecule has 0 aromatic heterocycles. The third kappa shape index (κ3) is 7.17. The number of anilines is 3. The Balaban J connectivity index is 1.77. The zero-order valence-electron chi connectivity index (χ0n) is 20.3. The Morgan fingerprint density at radius 3 is 2.16 bits per heavy atom. The van der Waals surface area contributed by atoms with Crippen LogP contribution < -0.4 is 14.3 Å². The molecule has 0 atom stereocenters. The normalized spacial score (nSPS) is 12.2. The third-order valence-corrected chi connectivity index (χ3v) is 8.17. The Bertz CT molecular complexity index is 1580. The van der Waals surface area contributed by atoms with Crippen molar-refractivity contribution in [2.75, 3.05) is 27.1 Å². The van der Waals surface area contributed by atoms with Gasteiger partial charge in [-0.3, -0.25) is 13.8 Å². The fraction of sp³-hybridized carbons (Fsp3) is 0.208. The molecule has 0 fully saturated rings. The number of amides is 1. The summed E-state index contributed by atoms with van der Waals surface area (Å²) in [6, 6.07) is 12.9. The highest BCUT2D eigenvalue weighted by Crippen LogP contribution is 2.37. The van der Waals surface area contributed by atoms with Crippen molar-refractivity contribution in [3.05, 3.63) is 82.4 Å². The molecule has 8 nitrogen and oxygen atoms in total. The first kappa shape index (κ1) is 29.3. The van der Waals surface area contributed by atoms with Crippen molar-refractivity contribution in [3.8, 4) is 0 Å². The van der Waals surface area contributed by atoms with Gasteiger partial charge in [0, 0.05) is 5.69 Å². The maximum Gasteiger partial charge on any atom is 0.417 e. The van der Waals surface area contributed by atoms with E-state index in [-0.39, 0.29) is 10.6 Å². The number of alkyl halides is 3. The van der Waals surface area contributed by atoms with Gasteiger partial charge in [0.1, 0.15) is 6.54 Å². The number of sulfonamides is 2. The van der Waals surface area contributed by atoms with Gasteiger partial charge in [0.05, 0.1) is 33.1 Å². The lowest BCUT2D eigenvalue weighted by Gasteiger charge is -2.23. The molecule has 0 aliphatic carbocycles. The van der Waals surface area contributed by atoms with E-state index in [0.717, 1.165) is 29.5 Å². The van der Waals surface area contributed by atoms with Gasteiger partial charge in [-0.15, -0.1) is 0 Å². The summed E-state index contributed by atoms with van der Waals surface area (Å²) >= 11 is 5.60. The molecular weight excluding hydrogens is 567 g/mol. The van der Waals surface area contributed by atoms with E-state index in [4.69, 9.17) is 11.6 Å². The number of carbonyl (C=O) groups is 1. The number of aryl methyl sites for hydroxylation is 2. The van der Waals surface area contributed by atoms with Crippen molar-refractivity contribution in [1.82, 2.24) is 0 Å². The minimum absolute atomic E-state index is 0.0880. The van der Waals surface area contributed by atoms with Crippen molar-refractivity contribution in [1.29, 1.82) is 0 Å². The second-order valence-corrected chi connectivity index (χ2v) is 12.4. The minimum Gasteiger partial charge on any atom is -0.325 e. The number of hydrogen-bond donors (Lipinski definition) is 2. The van der Waals surface area contributed by atoms with Crippen molar-refractivity contribution >= 4 is 54.6 Å². The van der Waals surface area contributed by atoms with Gasteiger partial charge in [0.2, 0.25) is 15.9 Å². The van der Waals surface area contributed by atoms with E-state index in [1.165, 1.54) is 24.3 Å². The zero-order valence-corrected chi connectivity index (χ0v) is 22.7. The molecule has 0 radical (unpaired) electrons. The molecule has 0 spiro atoms. The molecular formula is C24H23ClF3N3O5S2. The van der Waals surface area contributed by atoms with E-state index in [1.54, 1.807) is 19.1 Å². The van der Waals surface area contributed by atoms with Crippen LogP contribution in [0.4, 0.5) is 30.2 Å². The molecule has 1 amide bonds. The van der Waals surface area contributed by atoms with Crippen LogP contribution in [0.5, 0.6) is 0 Å². The number of halogens is 4. The molecule has 2 N–H and O–H groups in total. The average molecular weight is 590 g/mol. The molecule has 0 aliphatic rings. The van der Waals surface area contributed by atoms with Crippen LogP contribution in [0.2, 0.25) is 5.02 Å². The van der Waals surface area contributed by atoms with Crippen molar-refractivity contribution < 1.29 is 34.8 Å². The van der Waals surface area contributed by atoms with Crippen LogP contribution in [0.15, 0.2) is 65.6 Å². The smallest absolute Gasteiger partial charge is 0.325 e. The highest BCUT2D eigenvalue weighted by atomic mass is 35.5. The number of nitrogens with one attached hydrogen (secondary N) is 2. The lowest BCUT2D eigenvalue weighted by atomic mass is 10.1. The van der Waals surface area contributed by atoms with Gasteiger partial charge in [0.25, 0.3) is 10.0 Å². The van der Waals surface area contributed by atoms with Crippen LogP contribution in [0.25, 0.3) is 0 Å². The van der Waals surface area contributed by atoms with Gasteiger partial charge in [-0.25, -0.2) is 16.8 Å². The first-order chi connectivity index (χ1) is 17.5. The fourth-order valence-corrected chi connectivity index (χ4v) is 5.58. The summed E-state index contributed by atoms with van der Waals surface area (Å²) in [4.78, 5) is 12.5. The highest BCUT2D eigenvalue weighted by Gasteiger charge is 2.34. The molecule has 0 bridgehead atoms. The van der Waals surface area contributed by atoms with E-state index in [9.17, 15) is 34.8 Å². The quantitative estimate of drug-likeness (QED) is 0.376. The predicted molar refractivity (Wildman–Crippen MR) is 140 cm³/mol. The topological polar surface area (TPSA) is 113 Å². The van der Waals surface area contributed by atoms with Crippen LogP contribution >= 0.6 is 11.6 Å². The summed E-state index contributed by atoms with van der Waals surface area (Å²) in [5.41, 5.74) is 0.486. The van der Waals surface area contributed by atoms with Crippen LogP contribution in [-0.4, -0.2) is 35.5 Å². The summed E-state index contributed by atoms with van der Waals surface area (Å²) in [5.74, 6) is -0.872. The van der Waals surface area contributed by atoms with Gasteiger partial charge in [-0.1, -0.05) is 23.7 Å². The molecule has 0 saturated heterocycles.